The van der Waals surface area contributed by atoms with Gasteiger partial charge in [-0.05, 0) is 6.07 Å². The molecule has 0 saturated heterocycles. The van der Waals surface area contributed by atoms with Crippen molar-refractivity contribution in [3.05, 3.63) is 28.8 Å². The van der Waals surface area contributed by atoms with Crippen molar-refractivity contribution >= 4 is 11.6 Å². The van der Waals surface area contributed by atoms with Gasteiger partial charge in [0.05, 0.1) is 18.7 Å². The second-order valence-electron chi connectivity index (χ2n) is 2.50. The standard InChI is InChI=1S/C8H7ClFN3/c9-8-3-5(6(10)4-13-8)7(12)1-2-11/h3-4,7H,1,12H2/t7-/m0/s1. The molecule has 5 heteroatoms. The lowest BCUT2D eigenvalue weighted by Gasteiger charge is -2.08. The first-order valence-corrected chi connectivity index (χ1v) is 3.96. The van der Waals surface area contributed by atoms with E-state index in [0.717, 1.165) is 6.20 Å². The molecule has 2 N–H and O–H groups in total. The Kier molecular flexibility index (Phi) is 3.18. The highest BCUT2D eigenvalue weighted by Gasteiger charge is 2.11. The maximum atomic E-state index is 13.0. The maximum absolute atomic E-state index is 13.0. The number of nitrogens with zero attached hydrogens (tertiary/aromatic N) is 2. The molecule has 0 aliphatic carbocycles. The Morgan fingerprint density at radius 2 is 2.46 bits per heavy atom. The molecule has 1 heterocycles. The van der Waals surface area contributed by atoms with Crippen LogP contribution in [0.2, 0.25) is 5.15 Å². The molecule has 0 fully saturated rings. The second-order valence-corrected chi connectivity index (χ2v) is 2.88. The molecule has 0 unspecified atom stereocenters. The number of nitriles is 1. The molecule has 1 aromatic heterocycles. The average Bonchev–Trinajstić information content (AvgIpc) is 2.09. The fraction of sp³-hybridized carbons (Fsp3) is 0.250. The minimum Gasteiger partial charge on any atom is -0.323 e. The van der Waals surface area contributed by atoms with Crippen molar-refractivity contribution in [2.45, 2.75) is 12.5 Å². The number of hydrogen-bond donors (Lipinski definition) is 1. The van der Waals surface area contributed by atoms with E-state index in [-0.39, 0.29) is 17.1 Å². The third-order valence-electron chi connectivity index (χ3n) is 1.56. The number of aromatic nitrogens is 1. The molecule has 0 aliphatic heterocycles. The van der Waals surface area contributed by atoms with E-state index in [1.807, 2.05) is 6.07 Å². The minimum absolute atomic E-state index is 0.0528. The van der Waals surface area contributed by atoms with E-state index < -0.39 is 11.9 Å². The first-order valence-electron chi connectivity index (χ1n) is 3.58. The smallest absolute Gasteiger partial charge is 0.146 e. The zero-order valence-electron chi connectivity index (χ0n) is 6.67. The first kappa shape index (κ1) is 9.90. The van der Waals surface area contributed by atoms with Gasteiger partial charge in [-0.25, -0.2) is 9.37 Å². The molecular weight excluding hydrogens is 193 g/mol. The number of halogens is 2. The van der Waals surface area contributed by atoms with Crippen molar-refractivity contribution in [2.75, 3.05) is 0 Å². The van der Waals surface area contributed by atoms with Gasteiger partial charge < -0.3 is 5.73 Å². The lowest BCUT2D eigenvalue weighted by molar-refractivity contribution is 0.579. The van der Waals surface area contributed by atoms with Gasteiger partial charge in [-0.1, -0.05) is 11.6 Å². The van der Waals surface area contributed by atoms with Crippen LogP contribution in [-0.4, -0.2) is 4.98 Å². The van der Waals surface area contributed by atoms with E-state index in [0.29, 0.717) is 0 Å². The molecule has 3 nitrogen and oxygen atoms in total. The van der Waals surface area contributed by atoms with Gasteiger partial charge in [-0.2, -0.15) is 5.26 Å². The highest BCUT2D eigenvalue weighted by molar-refractivity contribution is 6.29. The summed E-state index contributed by atoms with van der Waals surface area (Å²) in [6, 6.07) is 2.54. The Hall–Kier alpha value is -1.18. The van der Waals surface area contributed by atoms with Gasteiger partial charge in [-0.15, -0.1) is 0 Å². The summed E-state index contributed by atoms with van der Waals surface area (Å²) in [7, 11) is 0. The second kappa shape index (κ2) is 4.17. The lowest BCUT2D eigenvalue weighted by Crippen LogP contribution is -2.11. The molecule has 0 amide bonds. The number of hydrogen-bond acceptors (Lipinski definition) is 3. The van der Waals surface area contributed by atoms with Gasteiger partial charge in [0.2, 0.25) is 0 Å². The Morgan fingerprint density at radius 3 is 3.08 bits per heavy atom. The van der Waals surface area contributed by atoms with Crippen LogP contribution in [0.15, 0.2) is 12.3 Å². The predicted molar refractivity (Wildman–Crippen MR) is 46.4 cm³/mol. The Balaban J connectivity index is 3.00. The molecule has 0 aliphatic rings. The van der Waals surface area contributed by atoms with Gasteiger partial charge in [0.25, 0.3) is 0 Å². The van der Waals surface area contributed by atoms with Crippen LogP contribution in [0, 0.1) is 17.1 Å². The molecular formula is C8H7ClFN3. The topological polar surface area (TPSA) is 62.7 Å². The summed E-state index contributed by atoms with van der Waals surface area (Å²) in [5.41, 5.74) is 5.75. The van der Waals surface area contributed by atoms with Crippen LogP contribution in [0.5, 0.6) is 0 Å². The van der Waals surface area contributed by atoms with Crippen LogP contribution in [0.25, 0.3) is 0 Å². The van der Waals surface area contributed by atoms with E-state index in [9.17, 15) is 4.39 Å². The molecule has 0 aromatic carbocycles. The van der Waals surface area contributed by atoms with E-state index in [2.05, 4.69) is 4.98 Å². The molecule has 0 spiro atoms. The Morgan fingerprint density at radius 1 is 1.77 bits per heavy atom. The summed E-state index contributed by atoms with van der Waals surface area (Å²) in [5.74, 6) is -0.535. The molecule has 0 saturated carbocycles. The number of pyridine rings is 1. The van der Waals surface area contributed by atoms with Crippen LogP contribution in [-0.2, 0) is 0 Å². The van der Waals surface area contributed by atoms with Gasteiger partial charge in [0.1, 0.15) is 11.0 Å². The maximum Gasteiger partial charge on any atom is 0.146 e. The van der Waals surface area contributed by atoms with Crippen molar-refractivity contribution in [2.24, 2.45) is 5.73 Å². The van der Waals surface area contributed by atoms with E-state index >= 15 is 0 Å². The summed E-state index contributed by atoms with van der Waals surface area (Å²) >= 11 is 5.54. The van der Waals surface area contributed by atoms with Crippen molar-refractivity contribution in [1.82, 2.24) is 4.98 Å². The third-order valence-corrected chi connectivity index (χ3v) is 1.77. The lowest BCUT2D eigenvalue weighted by atomic mass is 10.1. The van der Waals surface area contributed by atoms with E-state index in [4.69, 9.17) is 22.6 Å². The van der Waals surface area contributed by atoms with E-state index in [1.54, 1.807) is 0 Å². The summed E-state index contributed by atoms with van der Waals surface area (Å²) in [6.45, 7) is 0. The summed E-state index contributed by atoms with van der Waals surface area (Å²) in [5, 5.41) is 8.53. The molecule has 13 heavy (non-hydrogen) atoms. The van der Waals surface area contributed by atoms with Gasteiger partial charge in [0.15, 0.2) is 0 Å². The van der Waals surface area contributed by atoms with Crippen molar-refractivity contribution in [3.8, 4) is 6.07 Å². The van der Waals surface area contributed by atoms with Crippen LogP contribution in [0.1, 0.15) is 18.0 Å². The zero-order valence-corrected chi connectivity index (χ0v) is 7.42. The van der Waals surface area contributed by atoms with Crippen LogP contribution in [0.4, 0.5) is 4.39 Å². The first-order chi connectivity index (χ1) is 6.15. The Bertz CT molecular complexity index is 348. The van der Waals surface area contributed by atoms with Crippen LogP contribution >= 0.6 is 11.6 Å². The Labute approximate surface area is 79.9 Å². The van der Waals surface area contributed by atoms with E-state index in [1.165, 1.54) is 6.07 Å². The highest BCUT2D eigenvalue weighted by atomic mass is 35.5. The van der Waals surface area contributed by atoms with Crippen molar-refractivity contribution in [3.63, 3.8) is 0 Å². The third kappa shape index (κ3) is 2.38. The van der Waals surface area contributed by atoms with Gasteiger partial charge >= 0.3 is 0 Å². The highest BCUT2D eigenvalue weighted by Crippen LogP contribution is 2.19. The summed E-state index contributed by atoms with van der Waals surface area (Å²) < 4.78 is 13.0. The number of nitrogens with two attached hydrogens (primary N) is 1. The zero-order chi connectivity index (χ0) is 9.84. The quantitative estimate of drug-likeness (QED) is 0.739. The molecule has 0 radical (unpaired) electrons. The van der Waals surface area contributed by atoms with Crippen LogP contribution in [0.3, 0.4) is 0 Å². The fourth-order valence-corrected chi connectivity index (χ4v) is 1.09. The average molecular weight is 200 g/mol. The normalized spacial score (nSPS) is 12.2. The predicted octanol–water partition coefficient (Wildman–Crippen LogP) is 1.79. The summed E-state index contributed by atoms with van der Waals surface area (Å²) in [6.07, 6.45) is 1.05. The summed E-state index contributed by atoms with van der Waals surface area (Å²) in [4.78, 5) is 3.53. The fourth-order valence-electron chi connectivity index (χ4n) is 0.920. The molecule has 1 aromatic rings. The van der Waals surface area contributed by atoms with Crippen LogP contribution < -0.4 is 5.73 Å². The van der Waals surface area contributed by atoms with Crippen molar-refractivity contribution in [1.29, 1.82) is 5.26 Å². The SMILES string of the molecule is N#CC[C@H](N)c1cc(Cl)ncc1F. The van der Waals surface area contributed by atoms with Gasteiger partial charge in [-0.3, -0.25) is 0 Å². The molecule has 1 rings (SSSR count). The monoisotopic (exact) mass is 199 g/mol. The molecule has 1 atom stereocenters. The molecule has 0 bridgehead atoms. The van der Waals surface area contributed by atoms with Crippen molar-refractivity contribution < 1.29 is 4.39 Å². The largest absolute Gasteiger partial charge is 0.323 e. The molecule has 68 valence electrons. The van der Waals surface area contributed by atoms with Gasteiger partial charge in [0, 0.05) is 11.6 Å². The minimum atomic E-state index is -0.648. The number of rotatable bonds is 2.